The van der Waals surface area contributed by atoms with Crippen LogP contribution in [0.5, 0.6) is 5.75 Å². The van der Waals surface area contributed by atoms with Crippen molar-refractivity contribution in [1.82, 2.24) is 0 Å². The maximum atomic E-state index is 11.1. The van der Waals surface area contributed by atoms with E-state index in [0.29, 0.717) is 0 Å². The first-order valence-electron chi connectivity index (χ1n) is 3.63. The highest BCUT2D eigenvalue weighted by Crippen LogP contribution is 2.23. The summed E-state index contributed by atoms with van der Waals surface area (Å²) in [6, 6.07) is 3.36. The van der Waals surface area contributed by atoms with Gasteiger partial charge in [-0.3, -0.25) is 14.9 Å². The SMILES string of the molecule is O=C(CBr)c1ccc([N+](=O)[O-])cc1O. The number of benzene rings is 1. The van der Waals surface area contributed by atoms with Crippen LogP contribution in [0.25, 0.3) is 0 Å². The molecule has 0 amide bonds. The van der Waals surface area contributed by atoms with Crippen molar-refractivity contribution in [2.24, 2.45) is 0 Å². The lowest BCUT2D eigenvalue weighted by Gasteiger charge is -2.00. The molecule has 74 valence electrons. The molecule has 1 aromatic carbocycles. The third-order valence-electron chi connectivity index (χ3n) is 1.61. The number of nitro groups is 1. The molecular formula is C8H6BrNO4. The third kappa shape index (κ3) is 2.08. The van der Waals surface area contributed by atoms with Crippen molar-refractivity contribution in [2.75, 3.05) is 5.33 Å². The first-order chi connectivity index (χ1) is 6.56. The Balaban J connectivity index is 3.14. The number of phenolic OH excluding ortho intramolecular Hbond substituents is 1. The van der Waals surface area contributed by atoms with Gasteiger partial charge in [0.25, 0.3) is 5.69 Å². The number of Topliss-reactive ketones (excluding diaryl/α,β-unsaturated/α-hetero) is 1. The lowest BCUT2D eigenvalue weighted by atomic mass is 10.1. The Morgan fingerprint density at radius 3 is 2.64 bits per heavy atom. The fourth-order valence-corrected chi connectivity index (χ4v) is 1.24. The summed E-state index contributed by atoms with van der Waals surface area (Å²) >= 11 is 2.94. The predicted octanol–water partition coefficient (Wildman–Crippen LogP) is 1.88. The molecule has 6 heteroatoms. The molecule has 0 saturated carbocycles. The molecule has 1 N–H and O–H groups in total. The van der Waals surface area contributed by atoms with Crippen LogP contribution in [0.4, 0.5) is 5.69 Å². The van der Waals surface area contributed by atoms with Gasteiger partial charge in [-0.1, -0.05) is 15.9 Å². The van der Waals surface area contributed by atoms with Crippen LogP contribution in [0.15, 0.2) is 18.2 Å². The standard InChI is InChI=1S/C8H6BrNO4/c9-4-8(12)6-2-1-5(10(13)14)3-7(6)11/h1-3,11H,4H2. The van der Waals surface area contributed by atoms with E-state index in [2.05, 4.69) is 15.9 Å². The van der Waals surface area contributed by atoms with E-state index < -0.39 is 4.92 Å². The molecular weight excluding hydrogens is 254 g/mol. The number of ketones is 1. The molecule has 0 aromatic heterocycles. The Morgan fingerprint density at radius 1 is 1.57 bits per heavy atom. The summed E-state index contributed by atoms with van der Waals surface area (Å²) in [5.41, 5.74) is -0.166. The third-order valence-corrected chi connectivity index (χ3v) is 2.12. The molecule has 0 fully saturated rings. The maximum absolute atomic E-state index is 11.1. The molecule has 0 unspecified atom stereocenters. The molecule has 1 aromatic rings. The zero-order chi connectivity index (χ0) is 10.7. The summed E-state index contributed by atoms with van der Waals surface area (Å²) in [7, 11) is 0. The molecule has 1 rings (SSSR count). The largest absolute Gasteiger partial charge is 0.507 e. The minimum Gasteiger partial charge on any atom is -0.507 e. The average Bonchev–Trinajstić information content (AvgIpc) is 2.16. The Kier molecular flexibility index (Phi) is 3.19. The topological polar surface area (TPSA) is 80.4 Å². The minimum atomic E-state index is -0.637. The molecule has 0 radical (unpaired) electrons. The summed E-state index contributed by atoms with van der Waals surface area (Å²) in [6.45, 7) is 0. The second-order valence-corrected chi connectivity index (χ2v) is 3.08. The molecule has 0 aliphatic rings. The van der Waals surface area contributed by atoms with E-state index in [1.807, 2.05) is 0 Å². The quantitative estimate of drug-likeness (QED) is 0.389. The smallest absolute Gasteiger partial charge is 0.273 e. The highest BCUT2D eigenvalue weighted by atomic mass is 79.9. The summed E-state index contributed by atoms with van der Waals surface area (Å²) < 4.78 is 0. The Morgan fingerprint density at radius 2 is 2.21 bits per heavy atom. The first kappa shape index (κ1) is 10.6. The van der Waals surface area contributed by atoms with Crippen molar-refractivity contribution in [3.05, 3.63) is 33.9 Å². The van der Waals surface area contributed by atoms with Crippen LogP contribution in [0.2, 0.25) is 0 Å². The van der Waals surface area contributed by atoms with Crippen LogP contribution in [-0.4, -0.2) is 21.1 Å². The first-order valence-corrected chi connectivity index (χ1v) is 4.75. The van der Waals surface area contributed by atoms with Gasteiger partial charge >= 0.3 is 0 Å². The number of nitrogens with zero attached hydrogens (tertiary/aromatic N) is 1. The second kappa shape index (κ2) is 4.19. The highest BCUT2D eigenvalue weighted by Gasteiger charge is 2.14. The van der Waals surface area contributed by atoms with Crippen LogP contribution >= 0.6 is 15.9 Å². The van der Waals surface area contributed by atoms with Gasteiger partial charge in [-0.15, -0.1) is 0 Å². The number of carbonyl (C=O) groups is 1. The van der Waals surface area contributed by atoms with Gasteiger partial charge in [-0.05, 0) is 6.07 Å². The van der Waals surface area contributed by atoms with Crippen molar-refractivity contribution < 1.29 is 14.8 Å². The summed E-state index contributed by atoms with van der Waals surface area (Å²) in [4.78, 5) is 20.8. The number of carbonyl (C=O) groups excluding carboxylic acids is 1. The van der Waals surface area contributed by atoms with Gasteiger partial charge in [0, 0.05) is 6.07 Å². The summed E-state index contributed by atoms with van der Waals surface area (Å²) in [5, 5.41) is 19.7. The number of non-ortho nitro benzene ring substituents is 1. The average molecular weight is 260 g/mol. The van der Waals surface area contributed by atoms with Crippen molar-refractivity contribution in [3.63, 3.8) is 0 Å². The van der Waals surface area contributed by atoms with E-state index in [4.69, 9.17) is 0 Å². The van der Waals surface area contributed by atoms with Crippen LogP contribution in [0.1, 0.15) is 10.4 Å². The molecule has 0 heterocycles. The van der Waals surface area contributed by atoms with Crippen molar-refractivity contribution >= 4 is 27.4 Å². The van der Waals surface area contributed by atoms with Crippen molar-refractivity contribution in [3.8, 4) is 5.75 Å². The second-order valence-electron chi connectivity index (χ2n) is 2.52. The van der Waals surface area contributed by atoms with Gasteiger partial charge in [-0.2, -0.15) is 0 Å². The molecule has 0 aliphatic heterocycles. The van der Waals surface area contributed by atoms with Crippen LogP contribution in [-0.2, 0) is 0 Å². The zero-order valence-electron chi connectivity index (χ0n) is 6.94. The molecule has 0 saturated heterocycles. The van der Waals surface area contributed by atoms with E-state index in [0.717, 1.165) is 6.07 Å². The number of phenols is 1. The number of halogens is 1. The molecule has 0 spiro atoms. The predicted molar refractivity (Wildman–Crippen MR) is 52.9 cm³/mol. The van der Waals surface area contributed by atoms with Gasteiger partial charge in [-0.25, -0.2) is 0 Å². The minimum absolute atomic E-state index is 0.0678. The normalized spacial score (nSPS) is 9.79. The molecule has 0 atom stereocenters. The number of nitro benzene ring substituents is 1. The van der Waals surface area contributed by atoms with E-state index >= 15 is 0 Å². The molecule has 0 aliphatic carbocycles. The van der Waals surface area contributed by atoms with Crippen molar-refractivity contribution in [2.45, 2.75) is 0 Å². The van der Waals surface area contributed by atoms with Gasteiger partial charge in [0.15, 0.2) is 5.78 Å². The maximum Gasteiger partial charge on any atom is 0.273 e. The van der Waals surface area contributed by atoms with E-state index in [1.165, 1.54) is 12.1 Å². The summed E-state index contributed by atoms with van der Waals surface area (Å²) in [6.07, 6.45) is 0. The highest BCUT2D eigenvalue weighted by molar-refractivity contribution is 9.09. The van der Waals surface area contributed by atoms with E-state index in [9.17, 15) is 20.0 Å². The Hall–Kier alpha value is -1.43. The number of aromatic hydroxyl groups is 1. The number of alkyl halides is 1. The lowest BCUT2D eigenvalue weighted by Crippen LogP contribution is -2.00. The van der Waals surface area contributed by atoms with Crippen LogP contribution in [0, 0.1) is 10.1 Å². The fraction of sp³-hybridized carbons (Fsp3) is 0.125. The molecule has 5 nitrogen and oxygen atoms in total. The van der Waals surface area contributed by atoms with Gasteiger partial charge in [0.2, 0.25) is 0 Å². The van der Waals surface area contributed by atoms with Gasteiger partial charge < -0.3 is 5.11 Å². The monoisotopic (exact) mass is 259 g/mol. The molecule has 14 heavy (non-hydrogen) atoms. The Bertz CT molecular complexity index is 391. The van der Waals surface area contributed by atoms with Crippen molar-refractivity contribution in [1.29, 1.82) is 0 Å². The van der Waals surface area contributed by atoms with Crippen LogP contribution < -0.4 is 0 Å². The van der Waals surface area contributed by atoms with Gasteiger partial charge in [0.05, 0.1) is 21.9 Å². The fourth-order valence-electron chi connectivity index (χ4n) is 0.941. The van der Waals surface area contributed by atoms with E-state index in [1.54, 1.807) is 0 Å². The number of rotatable bonds is 3. The number of hydrogen-bond donors (Lipinski definition) is 1. The van der Waals surface area contributed by atoms with Crippen LogP contribution in [0.3, 0.4) is 0 Å². The van der Waals surface area contributed by atoms with Gasteiger partial charge in [0.1, 0.15) is 5.75 Å². The lowest BCUT2D eigenvalue weighted by molar-refractivity contribution is -0.384. The van der Waals surface area contributed by atoms with E-state index in [-0.39, 0.29) is 28.1 Å². The summed E-state index contributed by atoms with van der Waals surface area (Å²) in [5.74, 6) is -0.693. The number of hydrogen-bond acceptors (Lipinski definition) is 4. The zero-order valence-corrected chi connectivity index (χ0v) is 8.52. The Labute approximate surface area is 87.6 Å². The molecule has 0 bridgehead atoms.